The highest BCUT2D eigenvalue weighted by Crippen LogP contribution is 2.05. The van der Waals surface area contributed by atoms with E-state index < -0.39 is 0 Å². The number of nitrogens with one attached hydrogen (secondary N) is 1. The summed E-state index contributed by atoms with van der Waals surface area (Å²) in [4.78, 5) is 13.2. The van der Waals surface area contributed by atoms with Gasteiger partial charge in [0.2, 0.25) is 5.56 Å². The predicted octanol–water partition coefficient (Wildman–Crippen LogP) is 1.10. The van der Waals surface area contributed by atoms with E-state index in [9.17, 15) is 4.79 Å². The standard InChI is InChI=1S/C6H7NOS/c1-9-6-4-2-3-5(8)7-6/h2-4H,1H3,(H,7,8). The molecule has 0 bridgehead atoms. The Morgan fingerprint density at radius 2 is 2.33 bits per heavy atom. The van der Waals surface area contributed by atoms with Crippen LogP contribution in [0.15, 0.2) is 28.0 Å². The Morgan fingerprint density at radius 1 is 1.56 bits per heavy atom. The number of hydrogen-bond donors (Lipinski definition) is 1. The molecule has 0 spiro atoms. The van der Waals surface area contributed by atoms with Gasteiger partial charge in [-0.25, -0.2) is 0 Å². The molecule has 0 saturated carbocycles. The van der Waals surface area contributed by atoms with Crippen molar-refractivity contribution in [1.29, 1.82) is 0 Å². The van der Waals surface area contributed by atoms with Gasteiger partial charge < -0.3 is 4.98 Å². The van der Waals surface area contributed by atoms with Gasteiger partial charge in [-0.15, -0.1) is 11.8 Å². The summed E-state index contributed by atoms with van der Waals surface area (Å²) < 4.78 is 0. The van der Waals surface area contributed by atoms with Gasteiger partial charge in [0.25, 0.3) is 0 Å². The van der Waals surface area contributed by atoms with E-state index in [1.807, 2.05) is 12.3 Å². The van der Waals surface area contributed by atoms with Gasteiger partial charge in [0.05, 0.1) is 5.03 Å². The first kappa shape index (κ1) is 6.42. The summed E-state index contributed by atoms with van der Waals surface area (Å²) in [6.07, 6.45) is 1.92. The summed E-state index contributed by atoms with van der Waals surface area (Å²) in [5, 5.41) is 0.905. The van der Waals surface area contributed by atoms with E-state index >= 15 is 0 Å². The number of aromatic nitrogens is 1. The summed E-state index contributed by atoms with van der Waals surface area (Å²) in [6.45, 7) is 0. The van der Waals surface area contributed by atoms with Gasteiger partial charge in [-0.3, -0.25) is 4.79 Å². The largest absolute Gasteiger partial charge is 0.317 e. The van der Waals surface area contributed by atoms with E-state index in [-0.39, 0.29) is 5.56 Å². The lowest BCUT2D eigenvalue weighted by Crippen LogP contribution is -2.02. The Balaban J connectivity index is 3.08. The van der Waals surface area contributed by atoms with Crippen LogP contribution in [0.1, 0.15) is 0 Å². The van der Waals surface area contributed by atoms with E-state index in [4.69, 9.17) is 0 Å². The topological polar surface area (TPSA) is 32.9 Å². The SMILES string of the molecule is CSc1cccc(=O)[nH]1. The monoisotopic (exact) mass is 141 g/mol. The quantitative estimate of drug-likeness (QED) is 0.594. The number of aromatic amines is 1. The minimum atomic E-state index is -0.0400. The third-order valence-electron chi connectivity index (χ3n) is 0.962. The molecule has 0 radical (unpaired) electrons. The molecule has 1 aromatic rings. The molecule has 0 amide bonds. The molecule has 48 valence electrons. The van der Waals surface area contributed by atoms with Gasteiger partial charge in [0, 0.05) is 6.07 Å². The Morgan fingerprint density at radius 3 is 2.78 bits per heavy atom. The van der Waals surface area contributed by atoms with Crippen molar-refractivity contribution in [2.75, 3.05) is 6.26 Å². The molecule has 2 nitrogen and oxygen atoms in total. The average Bonchev–Trinajstić information content (AvgIpc) is 1.88. The molecular weight excluding hydrogens is 134 g/mol. The summed E-state index contributed by atoms with van der Waals surface area (Å²) in [7, 11) is 0. The van der Waals surface area contributed by atoms with Crippen LogP contribution in [0.2, 0.25) is 0 Å². The van der Waals surface area contributed by atoms with Crippen LogP contribution in [0.4, 0.5) is 0 Å². The lowest BCUT2D eigenvalue weighted by molar-refractivity contribution is 1.08. The summed E-state index contributed by atoms with van der Waals surface area (Å²) in [6, 6.07) is 5.11. The predicted molar refractivity (Wildman–Crippen MR) is 38.8 cm³/mol. The number of H-pyrrole nitrogens is 1. The Hall–Kier alpha value is -0.700. The molecule has 1 heterocycles. The number of rotatable bonds is 1. The highest BCUT2D eigenvalue weighted by Gasteiger charge is 1.85. The van der Waals surface area contributed by atoms with Gasteiger partial charge in [0.15, 0.2) is 0 Å². The number of thioether (sulfide) groups is 1. The molecule has 0 aliphatic heterocycles. The van der Waals surface area contributed by atoms with E-state index in [0.717, 1.165) is 5.03 Å². The van der Waals surface area contributed by atoms with Crippen molar-refractivity contribution < 1.29 is 0 Å². The zero-order chi connectivity index (χ0) is 6.69. The number of hydrogen-bond acceptors (Lipinski definition) is 2. The molecule has 0 aliphatic carbocycles. The van der Waals surface area contributed by atoms with E-state index in [2.05, 4.69) is 4.98 Å². The molecule has 0 atom stereocenters. The van der Waals surface area contributed by atoms with Gasteiger partial charge in [0.1, 0.15) is 0 Å². The second-order valence-corrected chi connectivity index (χ2v) is 2.43. The molecule has 1 N–H and O–H groups in total. The van der Waals surface area contributed by atoms with Crippen LogP contribution in [-0.2, 0) is 0 Å². The van der Waals surface area contributed by atoms with E-state index in [0.29, 0.717) is 0 Å². The van der Waals surface area contributed by atoms with Crippen molar-refractivity contribution in [3.8, 4) is 0 Å². The molecule has 0 unspecified atom stereocenters. The van der Waals surface area contributed by atoms with E-state index in [1.54, 1.807) is 6.07 Å². The third kappa shape index (κ3) is 1.61. The average molecular weight is 141 g/mol. The van der Waals surface area contributed by atoms with Gasteiger partial charge in [-0.2, -0.15) is 0 Å². The van der Waals surface area contributed by atoms with Crippen LogP contribution >= 0.6 is 11.8 Å². The minimum absolute atomic E-state index is 0.0400. The number of pyridine rings is 1. The van der Waals surface area contributed by atoms with Crippen molar-refractivity contribution in [2.24, 2.45) is 0 Å². The molecule has 1 aromatic heterocycles. The Bertz CT molecular complexity index is 243. The lowest BCUT2D eigenvalue weighted by Gasteiger charge is -1.90. The molecular formula is C6H7NOS. The Labute approximate surface area is 57.3 Å². The maximum atomic E-state index is 10.6. The zero-order valence-electron chi connectivity index (χ0n) is 5.05. The Kier molecular flexibility index (Phi) is 1.95. The van der Waals surface area contributed by atoms with Crippen molar-refractivity contribution in [3.63, 3.8) is 0 Å². The smallest absolute Gasteiger partial charge is 0.248 e. The highest BCUT2D eigenvalue weighted by atomic mass is 32.2. The maximum absolute atomic E-state index is 10.6. The van der Waals surface area contributed by atoms with Crippen LogP contribution in [0.5, 0.6) is 0 Å². The van der Waals surface area contributed by atoms with Crippen LogP contribution in [-0.4, -0.2) is 11.2 Å². The fourth-order valence-electron chi connectivity index (χ4n) is 0.547. The summed E-state index contributed by atoms with van der Waals surface area (Å²) >= 11 is 1.53. The summed E-state index contributed by atoms with van der Waals surface area (Å²) in [5.74, 6) is 0. The summed E-state index contributed by atoms with van der Waals surface area (Å²) in [5.41, 5.74) is -0.0400. The second-order valence-electron chi connectivity index (χ2n) is 1.58. The molecule has 0 saturated heterocycles. The van der Waals surface area contributed by atoms with Gasteiger partial charge in [-0.1, -0.05) is 6.07 Å². The van der Waals surface area contributed by atoms with Crippen molar-refractivity contribution in [2.45, 2.75) is 5.03 Å². The van der Waals surface area contributed by atoms with Crippen molar-refractivity contribution in [1.82, 2.24) is 4.98 Å². The lowest BCUT2D eigenvalue weighted by atomic mass is 10.5. The normalized spacial score (nSPS) is 9.44. The highest BCUT2D eigenvalue weighted by molar-refractivity contribution is 7.98. The minimum Gasteiger partial charge on any atom is -0.317 e. The van der Waals surface area contributed by atoms with Crippen LogP contribution in [0, 0.1) is 0 Å². The van der Waals surface area contributed by atoms with Gasteiger partial charge in [-0.05, 0) is 12.3 Å². The molecule has 0 fully saturated rings. The van der Waals surface area contributed by atoms with Crippen LogP contribution in [0.3, 0.4) is 0 Å². The van der Waals surface area contributed by atoms with Crippen LogP contribution in [0.25, 0.3) is 0 Å². The first-order valence-electron chi connectivity index (χ1n) is 2.56. The molecule has 0 aliphatic rings. The molecule has 9 heavy (non-hydrogen) atoms. The first-order valence-corrected chi connectivity index (χ1v) is 3.79. The van der Waals surface area contributed by atoms with Gasteiger partial charge >= 0.3 is 0 Å². The zero-order valence-corrected chi connectivity index (χ0v) is 5.87. The van der Waals surface area contributed by atoms with Crippen molar-refractivity contribution >= 4 is 11.8 Å². The molecule has 3 heteroatoms. The molecule has 1 rings (SSSR count). The van der Waals surface area contributed by atoms with E-state index in [1.165, 1.54) is 17.8 Å². The fraction of sp³-hybridized carbons (Fsp3) is 0.167. The van der Waals surface area contributed by atoms with Crippen molar-refractivity contribution in [3.05, 3.63) is 28.6 Å². The third-order valence-corrected chi connectivity index (χ3v) is 1.64. The fourth-order valence-corrected chi connectivity index (χ4v) is 0.964. The second kappa shape index (κ2) is 2.73. The first-order chi connectivity index (χ1) is 4.33. The molecule has 0 aromatic carbocycles. The van der Waals surface area contributed by atoms with Crippen LogP contribution < -0.4 is 5.56 Å². The maximum Gasteiger partial charge on any atom is 0.248 e.